The first-order valence-corrected chi connectivity index (χ1v) is 14.4. The Balaban J connectivity index is 1.19. The van der Waals surface area contributed by atoms with E-state index in [1.807, 2.05) is 12.1 Å². The number of nitrogens with zero attached hydrogens (tertiary/aromatic N) is 2. The monoisotopic (exact) mass is 494 g/mol. The molecule has 4 aliphatic rings. The first-order chi connectivity index (χ1) is 17.0. The molecule has 0 spiro atoms. The van der Waals surface area contributed by atoms with Crippen LogP contribution in [0.2, 0.25) is 0 Å². The maximum Gasteiger partial charge on any atom is 0.0982 e. The van der Waals surface area contributed by atoms with Gasteiger partial charge in [-0.05, 0) is 87.0 Å². The Morgan fingerprint density at radius 2 is 1.14 bits per heavy atom. The topological polar surface area (TPSA) is 46.9 Å². The minimum Gasteiger partial charge on any atom is -0.387 e. The summed E-state index contributed by atoms with van der Waals surface area (Å²) >= 11 is 1.57. The van der Waals surface area contributed by atoms with Gasteiger partial charge >= 0.3 is 0 Å². The van der Waals surface area contributed by atoms with Gasteiger partial charge in [0.25, 0.3) is 0 Å². The molecular weight excluding hydrogens is 452 g/mol. The number of thiophene rings is 1. The van der Waals surface area contributed by atoms with E-state index in [1.54, 1.807) is 11.3 Å². The van der Waals surface area contributed by atoms with E-state index in [9.17, 15) is 10.2 Å². The predicted octanol–water partition coefficient (Wildman–Crippen LogP) is 5.50. The molecule has 2 saturated heterocycles. The molecule has 0 radical (unpaired) electrons. The van der Waals surface area contributed by atoms with Crippen molar-refractivity contribution in [3.8, 4) is 0 Å². The second kappa shape index (κ2) is 11.3. The van der Waals surface area contributed by atoms with Crippen LogP contribution >= 0.6 is 11.3 Å². The average Bonchev–Trinajstić information content (AvgIpc) is 3.62. The second-order valence-electron chi connectivity index (χ2n) is 11.4. The minimum atomic E-state index is -0.556. The van der Waals surface area contributed by atoms with E-state index in [0.717, 1.165) is 60.9 Å². The van der Waals surface area contributed by atoms with Gasteiger partial charge in [0.1, 0.15) is 0 Å². The summed E-state index contributed by atoms with van der Waals surface area (Å²) in [6.07, 6.45) is 16.8. The van der Waals surface area contributed by atoms with Gasteiger partial charge < -0.3 is 10.2 Å². The van der Waals surface area contributed by atoms with Gasteiger partial charge in [-0.1, -0.05) is 50.3 Å². The zero-order valence-electron chi connectivity index (χ0n) is 21.4. The van der Waals surface area contributed by atoms with Gasteiger partial charge in [0.05, 0.1) is 12.2 Å². The molecule has 5 rings (SSSR count). The van der Waals surface area contributed by atoms with E-state index in [0.29, 0.717) is 0 Å². The SMILES string of the molecule is CC1CCN(CC2=CC=CC2C(O)c2ccc(C(O)C3C=CC=C3CN3CCC(C)CC3)s2)CC1. The Kier molecular flexibility index (Phi) is 8.10. The molecule has 0 saturated carbocycles. The lowest BCUT2D eigenvalue weighted by Crippen LogP contribution is -2.35. The molecule has 4 unspecified atom stereocenters. The van der Waals surface area contributed by atoms with Crippen molar-refractivity contribution in [3.63, 3.8) is 0 Å². The van der Waals surface area contributed by atoms with Gasteiger partial charge in [0, 0.05) is 34.7 Å². The lowest BCUT2D eigenvalue weighted by Gasteiger charge is -2.32. The quantitative estimate of drug-likeness (QED) is 0.501. The van der Waals surface area contributed by atoms with Gasteiger partial charge in [-0.15, -0.1) is 11.3 Å². The number of aliphatic hydroxyl groups excluding tert-OH is 2. The van der Waals surface area contributed by atoms with Gasteiger partial charge in [-0.2, -0.15) is 0 Å². The number of aliphatic hydroxyl groups is 2. The van der Waals surface area contributed by atoms with Crippen LogP contribution in [0.1, 0.15) is 61.5 Å². The summed E-state index contributed by atoms with van der Waals surface area (Å²) in [5.41, 5.74) is 2.62. The summed E-state index contributed by atoms with van der Waals surface area (Å²) < 4.78 is 0. The van der Waals surface area contributed by atoms with Crippen molar-refractivity contribution < 1.29 is 10.2 Å². The first kappa shape index (κ1) is 25.2. The Bertz CT molecular complexity index is 900. The molecule has 4 atom stereocenters. The van der Waals surface area contributed by atoms with Gasteiger partial charge in [0.2, 0.25) is 0 Å². The van der Waals surface area contributed by atoms with Crippen LogP contribution < -0.4 is 0 Å². The van der Waals surface area contributed by atoms with Crippen molar-refractivity contribution >= 4 is 11.3 Å². The van der Waals surface area contributed by atoms with Crippen LogP contribution in [-0.4, -0.2) is 59.3 Å². The van der Waals surface area contributed by atoms with Crippen LogP contribution in [0.4, 0.5) is 0 Å². The molecule has 0 bridgehead atoms. The fourth-order valence-corrected chi connectivity index (χ4v) is 7.08. The normalized spacial score (nSPS) is 28.5. The standard InChI is InChI=1S/C30H42N2O2S/c1-21-11-15-31(16-12-21)19-23-5-3-7-25(23)29(33)27-9-10-28(35-27)30(34)26-8-4-6-24(26)20-32-17-13-22(2)14-18-32/h3-10,21-22,25-26,29-30,33-34H,11-20H2,1-2H3. The summed E-state index contributed by atoms with van der Waals surface area (Å²) in [6, 6.07) is 4.04. The average molecular weight is 495 g/mol. The highest BCUT2D eigenvalue weighted by Crippen LogP contribution is 2.41. The van der Waals surface area contributed by atoms with E-state index in [2.05, 4.69) is 60.1 Å². The largest absolute Gasteiger partial charge is 0.387 e. The van der Waals surface area contributed by atoms with Crippen molar-refractivity contribution in [2.75, 3.05) is 39.3 Å². The molecule has 4 nitrogen and oxygen atoms in total. The third-order valence-corrected chi connectivity index (χ3v) is 9.82. The summed E-state index contributed by atoms with van der Waals surface area (Å²) in [7, 11) is 0. The van der Waals surface area contributed by atoms with Crippen molar-refractivity contribution in [3.05, 3.63) is 69.5 Å². The fraction of sp³-hybridized carbons (Fsp3) is 0.600. The van der Waals surface area contributed by atoms with Crippen LogP contribution in [-0.2, 0) is 0 Å². The number of piperidine rings is 2. The predicted molar refractivity (Wildman–Crippen MR) is 145 cm³/mol. The molecule has 190 valence electrons. The molecular formula is C30H42N2O2S. The molecule has 1 aromatic heterocycles. The van der Waals surface area contributed by atoms with Crippen LogP contribution in [0.5, 0.6) is 0 Å². The number of hydrogen-bond donors (Lipinski definition) is 2. The Morgan fingerprint density at radius 3 is 1.54 bits per heavy atom. The Labute approximate surface area is 215 Å². The van der Waals surface area contributed by atoms with Crippen LogP contribution in [0.3, 0.4) is 0 Å². The minimum absolute atomic E-state index is 0.0290. The van der Waals surface area contributed by atoms with Gasteiger partial charge in [-0.25, -0.2) is 0 Å². The molecule has 2 fully saturated rings. The lowest BCUT2D eigenvalue weighted by molar-refractivity contribution is 0.140. The molecule has 0 amide bonds. The van der Waals surface area contributed by atoms with Gasteiger partial charge in [-0.3, -0.25) is 9.80 Å². The highest BCUT2D eigenvalue weighted by molar-refractivity contribution is 7.12. The van der Waals surface area contributed by atoms with E-state index in [1.165, 1.54) is 36.8 Å². The maximum atomic E-state index is 11.3. The molecule has 0 aromatic carbocycles. The highest BCUT2D eigenvalue weighted by Gasteiger charge is 2.31. The smallest absolute Gasteiger partial charge is 0.0982 e. The maximum absolute atomic E-state index is 11.3. The summed E-state index contributed by atoms with van der Waals surface area (Å²) in [6.45, 7) is 11.2. The van der Waals surface area contributed by atoms with E-state index in [-0.39, 0.29) is 11.8 Å². The van der Waals surface area contributed by atoms with Crippen LogP contribution in [0, 0.1) is 23.7 Å². The van der Waals surface area contributed by atoms with Crippen molar-refractivity contribution in [2.45, 2.75) is 51.7 Å². The third-order valence-electron chi connectivity index (χ3n) is 8.59. The number of rotatable bonds is 8. The zero-order valence-corrected chi connectivity index (χ0v) is 22.2. The summed E-state index contributed by atoms with van der Waals surface area (Å²) in [5.74, 6) is 1.71. The zero-order chi connectivity index (χ0) is 24.4. The number of hydrogen-bond acceptors (Lipinski definition) is 5. The van der Waals surface area contributed by atoms with Crippen LogP contribution in [0.15, 0.2) is 59.7 Å². The lowest BCUT2D eigenvalue weighted by atomic mass is 9.92. The highest BCUT2D eigenvalue weighted by atomic mass is 32.1. The summed E-state index contributed by atoms with van der Waals surface area (Å²) in [4.78, 5) is 6.97. The van der Waals surface area contributed by atoms with E-state index >= 15 is 0 Å². The number of likely N-dealkylation sites (tertiary alicyclic amines) is 2. The van der Waals surface area contributed by atoms with E-state index in [4.69, 9.17) is 0 Å². The molecule has 3 heterocycles. The second-order valence-corrected chi connectivity index (χ2v) is 12.5. The number of allylic oxidation sites excluding steroid dienone is 4. The molecule has 2 aliphatic heterocycles. The Hall–Kier alpha value is -1.50. The van der Waals surface area contributed by atoms with E-state index < -0.39 is 12.2 Å². The van der Waals surface area contributed by atoms with Crippen molar-refractivity contribution in [1.29, 1.82) is 0 Å². The van der Waals surface area contributed by atoms with Crippen LogP contribution in [0.25, 0.3) is 0 Å². The molecule has 2 aliphatic carbocycles. The molecule has 35 heavy (non-hydrogen) atoms. The third kappa shape index (κ3) is 5.91. The molecule has 5 heteroatoms. The first-order valence-electron chi connectivity index (χ1n) is 13.6. The Morgan fingerprint density at radius 1 is 0.743 bits per heavy atom. The van der Waals surface area contributed by atoms with Crippen molar-refractivity contribution in [2.24, 2.45) is 23.7 Å². The summed E-state index contributed by atoms with van der Waals surface area (Å²) in [5, 5.41) is 22.6. The van der Waals surface area contributed by atoms with Crippen molar-refractivity contribution in [1.82, 2.24) is 9.80 Å². The molecule has 2 N–H and O–H groups in total. The molecule has 1 aromatic rings. The fourth-order valence-electron chi connectivity index (χ4n) is 6.00. The van der Waals surface area contributed by atoms with Gasteiger partial charge in [0.15, 0.2) is 0 Å².